The van der Waals surface area contributed by atoms with E-state index in [4.69, 9.17) is 14.2 Å². The van der Waals surface area contributed by atoms with Gasteiger partial charge in [-0.25, -0.2) is 17.5 Å². The summed E-state index contributed by atoms with van der Waals surface area (Å²) in [6.07, 6.45) is -0.218. The van der Waals surface area contributed by atoms with Crippen LogP contribution in [0.2, 0.25) is 0 Å². The molecule has 0 unspecified atom stereocenters. The molecule has 0 saturated carbocycles. The van der Waals surface area contributed by atoms with E-state index < -0.39 is 22.6 Å². The summed E-state index contributed by atoms with van der Waals surface area (Å²) in [5.74, 6) is 0.353. The molecule has 0 aliphatic carbocycles. The van der Waals surface area contributed by atoms with Crippen LogP contribution < -0.4 is 9.47 Å². The van der Waals surface area contributed by atoms with Gasteiger partial charge in [0.05, 0.1) is 17.0 Å². The topological polar surface area (TPSA) is 104 Å². The molecule has 190 valence electrons. The van der Waals surface area contributed by atoms with Crippen LogP contribution in [0.5, 0.6) is 11.5 Å². The molecular formula is C26H28N2O7S. The molecule has 36 heavy (non-hydrogen) atoms. The van der Waals surface area contributed by atoms with Crippen LogP contribution in [0.1, 0.15) is 32.1 Å². The predicted octanol–water partition coefficient (Wildman–Crippen LogP) is 3.23. The van der Waals surface area contributed by atoms with E-state index in [9.17, 15) is 18.0 Å². The highest BCUT2D eigenvalue weighted by atomic mass is 32.2. The number of rotatable bonds is 8. The third kappa shape index (κ3) is 5.14. The summed E-state index contributed by atoms with van der Waals surface area (Å²) in [5, 5.41) is 0. The summed E-state index contributed by atoms with van der Waals surface area (Å²) >= 11 is 0. The first kappa shape index (κ1) is 25.5. The minimum Gasteiger partial charge on any atom is -0.486 e. The lowest BCUT2D eigenvalue weighted by molar-refractivity contribution is 0.0474. The number of fused-ring (bicyclic) bond motifs is 1. The Morgan fingerprint density at radius 3 is 2.39 bits per heavy atom. The minimum absolute atomic E-state index is 0.0587. The van der Waals surface area contributed by atoms with Crippen molar-refractivity contribution in [3.05, 3.63) is 77.1 Å². The maximum absolute atomic E-state index is 12.9. The third-order valence-electron chi connectivity index (χ3n) is 6.03. The van der Waals surface area contributed by atoms with Crippen molar-refractivity contribution in [3.63, 3.8) is 0 Å². The van der Waals surface area contributed by atoms with E-state index in [0.717, 1.165) is 15.7 Å². The number of carbonyl (C=O) groups is 2. The van der Waals surface area contributed by atoms with E-state index in [1.807, 2.05) is 42.7 Å². The Hall–Kier alpha value is -3.63. The van der Waals surface area contributed by atoms with Crippen molar-refractivity contribution in [3.8, 4) is 11.5 Å². The average molecular weight is 513 g/mol. The Labute approximate surface area is 210 Å². The molecule has 0 saturated heterocycles. The van der Waals surface area contributed by atoms with Crippen LogP contribution in [-0.2, 0) is 21.3 Å². The first-order valence-electron chi connectivity index (χ1n) is 11.4. The van der Waals surface area contributed by atoms with Crippen molar-refractivity contribution in [2.45, 2.75) is 31.4 Å². The number of nitrogens with zero attached hydrogens (tertiary/aromatic N) is 2. The highest BCUT2D eigenvalue weighted by Crippen LogP contribution is 2.31. The maximum atomic E-state index is 12.9. The van der Waals surface area contributed by atoms with Crippen molar-refractivity contribution in [2.24, 2.45) is 0 Å². The van der Waals surface area contributed by atoms with Crippen molar-refractivity contribution < 1.29 is 32.2 Å². The molecule has 3 aromatic rings. The summed E-state index contributed by atoms with van der Waals surface area (Å²) in [5.41, 5.74) is 2.24. The van der Waals surface area contributed by atoms with Crippen LogP contribution in [0.25, 0.3) is 0 Å². The zero-order valence-corrected chi connectivity index (χ0v) is 21.4. The van der Waals surface area contributed by atoms with E-state index in [2.05, 4.69) is 0 Å². The number of benzene rings is 2. The number of sulfonamides is 1. The van der Waals surface area contributed by atoms with Gasteiger partial charge in [-0.05, 0) is 56.3 Å². The molecule has 0 bridgehead atoms. The first-order valence-corrected chi connectivity index (χ1v) is 12.8. The van der Waals surface area contributed by atoms with E-state index in [0.29, 0.717) is 30.2 Å². The van der Waals surface area contributed by atoms with Crippen molar-refractivity contribution in [1.29, 1.82) is 0 Å². The van der Waals surface area contributed by atoms with Gasteiger partial charge in [-0.1, -0.05) is 12.1 Å². The van der Waals surface area contributed by atoms with E-state index in [-0.39, 0.29) is 22.3 Å². The zero-order valence-electron chi connectivity index (χ0n) is 20.6. The van der Waals surface area contributed by atoms with Crippen molar-refractivity contribution in [2.75, 3.05) is 27.3 Å². The molecule has 4 rings (SSSR count). The molecule has 1 aliphatic rings. The lowest BCUT2D eigenvalue weighted by Crippen LogP contribution is -2.33. The second-order valence-electron chi connectivity index (χ2n) is 8.70. The predicted molar refractivity (Wildman–Crippen MR) is 132 cm³/mol. The van der Waals surface area contributed by atoms with Gasteiger partial charge in [0.2, 0.25) is 15.8 Å². The molecule has 1 aromatic heterocycles. The lowest BCUT2D eigenvalue weighted by atomic mass is 10.1. The Morgan fingerprint density at radius 1 is 1.06 bits per heavy atom. The van der Waals surface area contributed by atoms with Gasteiger partial charge in [0, 0.05) is 31.0 Å². The summed E-state index contributed by atoms with van der Waals surface area (Å²) in [4.78, 5) is 25.3. The third-order valence-corrected chi connectivity index (χ3v) is 7.86. The summed E-state index contributed by atoms with van der Waals surface area (Å²) in [7, 11) is -0.754. The molecule has 2 heterocycles. The SMILES string of the molecule is Cc1cc(C(=O)COC(=O)c2ccc(S(=O)(=O)N(C)C)cc2)c(C)n1C[C@@H]1COc2ccccc2O1. The molecular weight excluding hydrogens is 484 g/mol. The fourth-order valence-electron chi connectivity index (χ4n) is 3.99. The number of hydrogen-bond donors (Lipinski definition) is 0. The Kier molecular flexibility index (Phi) is 7.18. The summed E-state index contributed by atoms with van der Waals surface area (Å²) < 4.78 is 44.5. The number of aryl methyl sites for hydroxylation is 1. The normalized spacial score (nSPS) is 15.1. The highest BCUT2D eigenvalue weighted by Gasteiger charge is 2.24. The molecule has 0 N–H and O–H groups in total. The van der Waals surface area contributed by atoms with Gasteiger partial charge in [0.25, 0.3) is 0 Å². The maximum Gasteiger partial charge on any atom is 0.338 e. The minimum atomic E-state index is -3.61. The number of ether oxygens (including phenoxy) is 3. The number of carbonyl (C=O) groups excluding carboxylic acids is 2. The van der Waals surface area contributed by atoms with Gasteiger partial charge in [-0.2, -0.15) is 0 Å². The Morgan fingerprint density at radius 2 is 1.72 bits per heavy atom. The van der Waals surface area contributed by atoms with Crippen LogP contribution in [0.3, 0.4) is 0 Å². The van der Waals surface area contributed by atoms with Gasteiger partial charge in [0.15, 0.2) is 24.2 Å². The number of hydrogen-bond acceptors (Lipinski definition) is 7. The Bertz CT molecular complexity index is 1390. The van der Waals surface area contributed by atoms with Gasteiger partial charge in [0.1, 0.15) is 6.61 Å². The van der Waals surface area contributed by atoms with Crippen LogP contribution in [0.4, 0.5) is 0 Å². The highest BCUT2D eigenvalue weighted by molar-refractivity contribution is 7.89. The molecule has 0 fully saturated rings. The number of aromatic nitrogens is 1. The largest absolute Gasteiger partial charge is 0.486 e. The fraction of sp³-hybridized carbons (Fsp3) is 0.308. The Balaban J connectivity index is 1.39. The number of esters is 1. The fourth-order valence-corrected chi connectivity index (χ4v) is 4.89. The second-order valence-corrected chi connectivity index (χ2v) is 10.9. The van der Waals surface area contributed by atoms with Crippen molar-refractivity contribution in [1.82, 2.24) is 8.87 Å². The molecule has 1 aliphatic heterocycles. The zero-order chi connectivity index (χ0) is 26.0. The molecule has 0 amide bonds. The van der Waals surface area contributed by atoms with Gasteiger partial charge < -0.3 is 18.8 Å². The van der Waals surface area contributed by atoms with E-state index >= 15 is 0 Å². The standard InChI is InChI=1S/C26H28N2O7S/c1-17-13-22(18(2)28(17)14-20-15-33-24-7-5-6-8-25(24)35-20)23(29)16-34-26(30)19-9-11-21(12-10-19)36(31,32)27(3)4/h5-13,20H,14-16H2,1-4H3/t20-/m1/s1. The second kappa shape index (κ2) is 10.2. The van der Waals surface area contributed by atoms with Crippen LogP contribution in [0.15, 0.2) is 59.5 Å². The van der Waals surface area contributed by atoms with Gasteiger partial charge >= 0.3 is 5.97 Å². The van der Waals surface area contributed by atoms with E-state index in [1.54, 1.807) is 6.07 Å². The molecule has 10 heteroatoms. The molecule has 0 spiro atoms. The molecule has 2 aromatic carbocycles. The van der Waals surface area contributed by atoms with E-state index in [1.165, 1.54) is 38.4 Å². The monoisotopic (exact) mass is 512 g/mol. The van der Waals surface area contributed by atoms with Gasteiger partial charge in [-0.3, -0.25) is 4.79 Å². The smallest absolute Gasteiger partial charge is 0.338 e. The molecule has 1 atom stereocenters. The number of Topliss-reactive ketones (excluding diaryl/α,β-unsaturated/α-hetero) is 1. The molecule has 0 radical (unpaired) electrons. The quantitative estimate of drug-likeness (QED) is 0.337. The van der Waals surface area contributed by atoms with Crippen LogP contribution >= 0.6 is 0 Å². The van der Waals surface area contributed by atoms with Gasteiger partial charge in [-0.15, -0.1) is 0 Å². The summed E-state index contributed by atoms with van der Waals surface area (Å²) in [6.45, 7) is 4.20. The van der Waals surface area contributed by atoms with Crippen LogP contribution in [0, 0.1) is 13.8 Å². The average Bonchev–Trinajstić information content (AvgIpc) is 3.15. The van der Waals surface area contributed by atoms with Crippen LogP contribution in [-0.4, -0.2) is 62.5 Å². The number of para-hydroxylation sites is 2. The lowest BCUT2D eigenvalue weighted by Gasteiger charge is -2.27. The summed E-state index contributed by atoms with van der Waals surface area (Å²) in [6, 6.07) is 14.6. The van der Waals surface area contributed by atoms with Crippen molar-refractivity contribution >= 4 is 21.8 Å². The molecule has 9 nitrogen and oxygen atoms in total. The first-order chi connectivity index (χ1) is 17.1. The number of ketones is 1.